The lowest BCUT2D eigenvalue weighted by molar-refractivity contribution is -0.123. The van der Waals surface area contributed by atoms with E-state index in [9.17, 15) is 9.59 Å². The first-order valence-corrected chi connectivity index (χ1v) is 12.5. The number of aromatic nitrogens is 2. The lowest BCUT2D eigenvalue weighted by Gasteiger charge is -2.33. The van der Waals surface area contributed by atoms with Crippen LogP contribution in [0.15, 0.2) is 61.1 Å². The van der Waals surface area contributed by atoms with Crippen molar-refractivity contribution in [2.45, 2.75) is 44.2 Å². The fourth-order valence-corrected chi connectivity index (χ4v) is 4.81. The largest absolute Gasteiger partial charge is 0.486 e. The Balaban J connectivity index is 1.60. The summed E-state index contributed by atoms with van der Waals surface area (Å²) in [5.41, 5.74) is 1.23. The monoisotopic (exact) mass is 506 g/mol. The third kappa shape index (κ3) is 5.28. The zero-order chi connectivity index (χ0) is 24.9. The molecule has 0 bridgehead atoms. The molecule has 1 fully saturated rings. The number of ether oxygens (including phenoxy) is 2. The average molecular weight is 507 g/mol. The summed E-state index contributed by atoms with van der Waals surface area (Å²) in [5, 5.41) is 3.73. The van der Waals surface area contributed by atoms with E-state index in [0.29, 0.717) is 41.0 Å². The van der Waals surface area contributed by atoms with Crippen molar-refractivity contribution in [2.75, 3.05) is 18.1 Å². The number of benzene rings is 2. The standard InChI is InChI=1S/C27H27ClN4O4/c28-19-8-6-18(7-9-19)25(26(33)31-20-4-2-1-3-5-20)32(27(34)22-17-29-12-13-30-22)21-10-11-23-24(16-21)36-15-14-35-23/h6-13,16-17,20,25H,1-5,14-15H2,(H,31,33)/t25-/m0/s1. The molecule has 1 aliphatic carbocycles. The summed E-state index contributed by atoms with van der Waals surface area (Å²) >= 11 is 6.16. The number of carbonyl (C=O) groups is 2. The third-order valence-electron chi connectivity index (χ3n) is 6.45. The van der Waals surface area contributed by atoms with Crippen LogP contribution in [0.4, 0.5) is 5.69 Å². The summed E-state index contributed by atoms with van der Waals surface area (Å²) < 4.78 is 11.4. The van der Waals surface area contributed by atoms with Gasteiger partial charge in [0.05, 0.1) is 6.20 Å². The first-order valence-electron chi connectivity index (χ1n) is 12.2. The van der Waals surface area contributed by atoms with Crippen LogP contribution in [0.5, 0.6) is 11.5 Å². The number of fused-ring (bicyclic) bond motifs is 1. The van der Waals surface area contributed by atoms with E-state index < -0.39 is 11.9 Å². The van der Waals surface area contributed by atoms with Gasteiger partial charge in [0.15, 0.2) is 11.5 Å². The van der Waals surface area contributed by atoms with Crippen molar-refractivity contribution in [3.8, 4) is 11.5 Å². The van der Waals surface area contributed by atoms with Crippen LogP contribution in [0.3, 0.4) is 0 Å². The molecule has 0 unspecified atom stereocenters. The van der Waals surface area contributed by atoms with Gasteiger partial charge in [0, 0.05) is 35.2 Å². The number of nitrogens with zero attached hydrogens (tertiary/aromatic N) is 3. The predicted molar refractivity (Wildman–Crippen MR) is 135 cm³/mol. The quantitative estimate of drug-likeness (QED) is 0.519. The molecule has 2 aromatic carbocycles. The number of carbonyl (C=O) groups excluding carboxylic acids is 2. The fraction of sp³-hybridized carbons (Fsp3) is 0.333. The molecular formula is C27H27ClN4O4. The molecule has 0 saturated heterocycles. The molecule has 36 heavy (non-hydrogen) atoms. The zero-order valence-corrected chi connectivity index (χ0v) is 20.5. The molecule has 2 aliphatic rings. The van der Waals surface area contributed by atoms with Crippen LogP contribution < -0.4 is 19.7 Å². The topological polar surface area (TPSA) is 93.7 Å². The molecule has 2 heterocycles. The van der Waals surface area contributed by atoms with Crippen LogP contribution in [-0.2, 0) is 4.79 Å². The molecule has 0 radical (unpaired) electrons. The lowest BCUT2D eigenvalue weighted by atomic mass is 9.94. The highest BCUT2D eigenvalue weighted by atomic mass is 35.5. The van der Waals surface area contributed by atoms with Crippen LogP contribution in [0.25, 0.3) is 0 Å². The highest BCUT2D eigenvalue weighted by Crippen LogP contribution is 2.38. The van der Waals surface area contributed by atoms with Gasteiger partial charge in [-0.25, -0.2) is 4.98 Å². The molecule has 8 nitrogen and oxygen atoms in total. The van der Waals surface area contributed by atoms with Crippen molar-refractivity contribution in [2.24, 2.45) is 0 Å². The van der Waals surface area contributed by atoms with E-state index >= 15 is 0 Å². The maximum Gasteiger partial charge on any atom is 0.279 e. The van der Waals surface area contributed by atoms with Gasteiger partial charge >= 0.3 is 0 Å². The van der Waals surface area contributed by atoms with Gasteiger partial charge in [0.25, 0.3) is 5.91 Å². The van der Waals surface area contributed by atoms with Crippen molar-refractivity contribution in [3.05, 3.63) is 77.3 Å². The summed E-state index contributed by atoms with van der Waals surface area (Å²) in [5.74, 6) is 0.375. The Morgan fingerprint density at radius 1 is 0.972 bits per heavy atom. The zero-order valence-electron chi connectivity index (χ0n) is 19.7. The van der Waals surface area contributed by atoms with Gasteiger partial charge in [-0.15, -0.1) is 0 Å². The molecule has 2 amide bonds. The minimum Gasteiger partial charge on any atom is -0.486 e. The van der Waals surface area contributed by atoms with Crippen LogP contribution in [0, 0.1) is 0 Å². The molecule has 3 aromatic rings. The number of hydrogen-bond acceptors (Lipinski definition) is 6. The minimum absolute atomic E-state index is 0.0646. The molecule has 1 saturated carbocycles. The molecule has 186 valence electrons. The SMILES string of the molecule is O=C(NC1CCCCC1)[C@H](c1ccc(Cl)cc1)N(C(=O)c1cnccn1)c1ccc2c(c1)OCCO2. The Morgan fingerprint density at radius 3 is 2.44 bits per heavy atom. The normalized spacial score (nSPS) is 16.1. The second-order valence-corrected chi connectivity index (χ2v) is 9.33. The van der Waals surface area contributed by atoms with Crippen molar-refractivity contribution >= 4 is 29.1 Å². The van der Waals surface area contributed by atoms with Gasteiger partial charge in [0.2, 0.25) is 5.91 Å². The smallest absolute Gasteiger partial charge is 0.279 e. The van der Waals surface area contributed by atoms with Gasteiger partial charge in [-0.3, -0.25) is 19.5 Å². The van der Waals surface area contributed by atoms with E-state index in [4.69, 9.17) is 21.1 Å². The van der Waals surface area contributed by atoms with E-state index in [2.05, 4.69) is 15.3 Å². The summed E-state index contributed by atoms with van der Waals surface area (Å²) in [7, 11) is 0. The Bertz CT molecular complexity index is 1220. The van der Waals surface area contributed by atoms with Gasteiger partial charge in [-0.1, -0.05) is 43.0 Å². The summed E-state index contributed by atoms with van der Waals surface area (Å²) in [6.45, 7) is 0.850. The number of nitrogens with one attached hydrogen (secondary N) is 1. The number of hydrogen-bond donors (Lipinski definition) is 1. The van der Waals surface area contributed by atoms with E-state index in [1.165, 1.54) is 29.9 Å². The summed E-state index contributed by atoms with van der Waals surface area (Å²) in [6.07, 6.45) is 9.49. The van der Waals surface area contributed by atoms with Crippen molar-refractivity contribution in [3.63, 3.8) is 0 Å². The van der Waals surface area contributed by atoms with Crippen molar-refractivity contribution < 1.29 is 19.1 Å². The first-order chi connectivity index (χ1) is 17.6. The number of halogens is 1. The van der Waals surface area contributed by atoms with Gasteiger partial charge in [0.1, 0.15) is 24.9 Å². The summed E-state index contributed by atoms with van der Waals surface area (Å²) in [4.78, 5) is 37.6. The molecular weight excluding hydrogens is 480 g/mol. The van der Waals surface area contributed by atoms with E-state index in [-0.39, 0.29) is 17.6 Å². The Morgan fingerprint density at radius 2 is 1.72 bits per heavy atom. The van der Waals surface area contributed by atoms with E-state index in [1.807, 2.05) is 0 Å². The number of anilines is 1. The van der Waals surface area contributed by atoms with E-state index in [1.54, 1.807) is 42.5 Å². The molecule has 1 atom stereocenters. The van der Waals surface area contributed by atoms with Crippen LogP contribution in [0.2, 0.25) is 5.02 Å². The summed E-state index contributed by atoms with van der Waals surface area (Å²) in [6, 6.07) is 11.3. The second kappa shape index (κ2) is 11.0. The molecule has 0 spiro atoms. The molecule has 1 N–H and O–H groups in total. The molecule has 1 aromatic heterocycles. The van der Waals surface area contributed by atoms with Crippen LogP contribution >= 0.6 is 11.6 Å². The fourth-order valence-electron chi connectivity index (χ4n) is 4.69. The van der Waals surface area contributed by atoms with Crippen molar-refractivity contribution in [1.29, 1.82) is 0 Å². The minimum atomic E-state index is -0.971. The lowest BCUT2D eigenvalue weighted by Crippen LogP contribution is -2.47. The van der Waals surface area contributed by atoms with Crippen molar-refractivity contribution in [1.82, 2.24) is 15.3 Å². The predicted octanol–water partition coefficient (Wildman–Crippen LogP) is 4.74. The highest BCUT2D eigenvalue weighted by molar-refractivity contribution is 6.30. The third-order valence-corrected chi connectivity index (χ3v) is 6.70. The second-order valence-electron chi connectivity index (χ2n) is 8.89. The Kier molecular flexibility index (Phi) is 7.32. The maximum absolute atomic E-state index is 13.9. The molecule has 9 heteroatoms. The van der Waals surface area contributed by atoms with Gasteiger partial charge < -0.3 is 14.8 Å². The molecule has 1 aliphatic heterocycles. The molecule has 5 rings (SSSR count). The van der Waals surface area contributed by atoms with Crippen LogP contribution in [0.1, 0.15) is 54.2 Å². The first kappa shape index (κ1) is 24.1. The average Bonchev–Trinajstić information content (AvgIpc) is 2.93. The van der Waals surface area contributed by atoms with Gasteiger partial charge in [-0.2, -0.15) is 0 Å². The van der Waals surface area contributed by atoms with Crippen LogP contribution in [-0.4, -0.2) is 41.0 Å². The maximum atomic E-state index is 13.9. The highest BCUT2D eigenvalue weighted by Gasteiger charge is 2.36. The van der Waals surface area contributed by atoms with Gasteiger partial charge in [-0.05, 0) is 42.7 Å². The number of rotatable bonds is 6. The number of amides is 2. The Labute approximate surface area is 214 Å². The van der Waals surface area contributed by atoms with E-state index in [0.717, 1.165) is 25.7 Å². The Hall–Kier alpha value is -3.65.